The van der Waals surface area contributed by atoms with E-state index < -0.39 is 23.0 Å². The molecule has 0 saturated heterocycles. The molecular formula is C15H10F2N2OS. The van der Waals surface area contributed by atoms with Crippen molar-refractivity contribution in [1.29, 1.82) is 0 Å². The van der Waals surface area contributed by atoms with Crippen molar-refractivity contribution in [1.82, 2.24) is 9.97 Å². The number of Topliss-reactive ketones (excluding diaryl/α,β-unsaturated/α-hetero) is 1. The van der Waals surface area contributed by atoms with Crippen LogP contribution < -0.4 is 0 Å². The van der Waals surface area contributed by atoms with Gasteiger partial charge in [-0.3, -0.25) is 4.79 Å². The molecule has 21 heavy (non-hydrogen) atoms. The van der Waals surface area contributed by atoms with E-state index in [0.29, 0.717) is 5.16 Å². The maximum Gasteiger partial charge on any atom is 0.179 e. The van der Waals surface area contributed by atoms with E-state index in [1.807, 2.05) is 24.3 Å². The number of thioether (sulfide) groups is 1. The minimum absolute atomic E-state index is 0.0856. The summed E-state index contributed by atoms with van der Waals surface area (Å²) in [7, 11) is 0. The molecule has 0 aliphatic heterocycles. The zero-order chi connectivity index (χ0) is 14.8. The van der Waals surface area contributed by atoms with Gasteiger partial charge in [0.2, 0.25) is 0 Å². The zero-order valence-corrected chi connectivity index (χ0v) is 11.6. The highest BCUT2D eigenvalue weighted by molar-refractivity contribution is 7.99. The fraction of sp³-hybridized carbons (Fsp3) is 0.0667. The quantitative estimate of drug-likeness (QED) is 0.589. The molecule has 3 aromatic rings. The van der Waals surface area contributed by atoms with Crippen LogP contribution in [0.4, 0.5) is 8.78 Å². The molecule has 0 bridgehead atoms. The van der Waals surface area contributed by atoms with E-state index in [1.165, 1.54) is 6.07 Å². The highest BCUT2D eigenvalue weighted by Crippen LogP contribution is 2.21. The molecule has 1 heterocycles. The predicted molar refractivity (Wildman–Crippen MR) is 77.5 cm³/mol. The third kappa shape index (κ3) is 2.80. The van der Waals surface area contributed by atoms with Crippen molar-refractivity contribution in [2.24, 2.45) is 0 Å². The first-order valence-electron chi connectivity index (χ1n) is 6.20. The Balaban J connectivity index is 1.76. The number of ketones is 1. The van der Waals surface area contributed by atoms with Crippen LogP contribution in [0.2, 0.25) is 0 Å². The summed E-state index contributed by atoms with van der Waals surface area (Å²) in [6.07, 6.45) is 0. The highest BCUT2D eigenvalue weighted by atomic mass is 32.2. The predicted octanol–water partition coefficient (Wildman–Crippen LogP) is 3.82. The first-order valence-corrected chi connectivity index (χ1v) is 7.18. The van der Waals surface area contributed by atoms with Crippen molar-refractivity contribution >= 4 is 28.6 Å². The SMILES string of the molecule is O=C(CSc1nc2ccccc2[nH]1)c1c(F)cccc1F. The number of carbonyl (C=O) groups excluding carboxylic acids is 1. The van der Waals surface area contributed by atoms with Gasteiger partial charge < -0.3 is 4.98 Å². The van der Waals surface area contributed by atoms with Crippen LogP contribution in [0.3, 0.4) is 0 Å². The fourth-order valence-electron chi connectivity index (χ4n) is 1.97. The first-order chi connectivity index (χ1) is 10.1. The van der Waals surface area contributed by atoms with Gasteiger partial charge in [-0.1, -0.05) is 30.0 Å². The summed E-state index contributed by atoms with van der Waals surface area (Å²) in [4.78, 5) is 19.3. The molecule has 3 nitrogen and oxygen atoms in total. The van der Waals surface area contributed by atoms with Gasteiger partial charge in [0.15, 0.2) is 10.9 Å². The maximum absolute atomic E-state index is 13.5. The van der Waals surface area contributed by atoms with Crippen LogP contribution in [0.25, 0.3) is 11.0 Å². The number of para-hydroxylation sites is 2. The van der Waals surface area contributed by atoms with Crippen molar-refractivity contribution in [3.63, 3.8) is 0 Å². The fourth-order valence-corrected chi connectivity index (χ4v) is 2.73. The largest absolute Gasteiger partial charge is 0.333 e. The summed E-state index contributed by atoms with van der Waals surface area (Å²) in [6.45, 7) is 0. The van der Waals surface area contributed by atoms with Gasteiger partial charge in [0.05, 0.1) is 22.3 Å². The summed E-state index contributed by atoms with van der Waals surface area (Å²) in [5.41, 5.74) is 1.13. The van der Waals surface area contributed by atoms with Crippen molar-refractivity contribution < 1.29 is 13.6 Å². The van der Waals surface area contributed by atoms with E-state index in [-0.39, 0.29) is 5.75 Å². The highest BCUT2D eigenvalue weighted by Gasteiger charge is 2.17. The van der Waals surface area contributed by atoms with Crippen LogP contribution in [0.1, 0.15) is 10.4 Å². The Morgan fingerprint density at radius 2 is 1.81 bits per heavy atom. The second kappa shape index (κ2) is 5.65. The molecule has 0 fully saturated rings. The van der Waals surface area contributed by atoms with Gasteiger partial charge in [-0.25, -0.2) is 13.8 Å². The van der Waals surface area contributed by atoms with Gasteiger partial charge in [-0.15, -0.1) is 0 Å². The molecular weight excluding hydrogens is 294 g/mol. The molecule has 0 amide bonds. The number of halogens is 2. The molecule has 2 aromatic carbocycles. The molecule has 0 spiro atoms. The summed E-state index contributed by atoms with van der Waals surface area (Å²) in [5, 5.41) is 0.543. The first kappa shape index (κ1) is 13.8. The number of fused-ring (bicyclic) bond motifs is 1. The molecule has 0 atom stereocenters. The Hall–Kier alpha value is -2.21. The molecule has 0 aliphatic rings. The summed E-state index contributed by atoms with van der Waals surface area (Å²) in [6, 6.07) is 10.8. The van der Waals surface area contributed by atoms with Gasteiger partial charge in [-0.2, -0.15) is 0 Å². The normalized spacial score (nSPS) is 11.0. The molecule has 1 aromatic heterocycles. The molecule has 1 N–H and O–H groups in total. The van der Waals surface area contributed by atoms with Crippen molar-refractivity contribution in [2.45, 2.75) is 5.16 Å². The molecule has 0 aliphatic carbocycles. The lowest BCUT2D eigenvalue weighted by atomic mass is 10.1. The van der Waals surface area contributed by atoms with Gasteiger partial charge in [0.1, 0.15) is 11.6 Å². The lowest BCUT2D eigenvalue weighted by molar-refractivity contribution is 0.101. The number of aromatic nitrogens is 2. The number of H-pyrrole nitrogens is 1. The van der Waals surface area contributed by atoms with E-state index in [0.717, 1.165) is 34.9 Å². The van der Waals surface area contributed by atoms with Crippen LogP contribution in [-0.4, -0.2) is 21.5 Å². The van der Waals surface area contributed by atoms with Crippen molar-refractivity contribution in [3.8, 4) is 0 Å². The zero-order valence-electron chi connectivity index (χ0n) is 10.8. The van der Waals surface area contributed by atoms with Gasteiger partial charge >= 0.3 is 0 Å². The molecule has 0 radical (unpaired) electrons. The van der Waals surface area contributed by atoms with E-state index >= 15 is 0 Å². The van der Waals surface area contributed by atoms with Gasteiger partial charge in [0, 0.05) is 0 Å². The Labute approximate surface area is 123 Å². The summed E-state index contributed by atoms with van der Waals surface area (Å²) in [5.74, 6) is -2.37. The monoisotopic (exact) mass is 304 g/mol. The second-order valence-electron chi connectivity index (χ2n) is 4.37. The Kier molecular flexibility index (Phi) is 3.70. The van der Waals surface area contributed by atoms with Crippen molar-refractivity contribution in [2.75, 3.05) is 5.75 Å². The number of hydrogen-bond acceptors (Lipinski definition) is 3. The Morgan fingerprint density at radius 3 is 2.52 bits per heavy atom. The van der Waals surface area contributed by atoms with Crippen LogP contribution in [0.15, 0.2) is 47.6 Å². The van der Waals surface area contributed by atoms with E-state index in [1.54, 1.807) is 0 Å². The molecule has 3 rings (SSSR count). The average molecular weight is 304 g/mol. The van der Waals surface area contributed by atoms with Crippen LogP contribution >= 0.6 is 11.8 Å². The molecule has 106 valence electrons. The number of nitrogens with one attached hydrogen (secondary N) is 1. The smallest absolute Gasteiger partial charge is 0.179 e. The number of hydrogen-bond donors (Lipinski definition) is 1. The van der Waals surface area contributed by atoms with E-state index in [4.69, 9.17) is 0 Å². The summed E-state index contributed by atoms with van der Waals surface area (Å²) >= 11 is 1.12. The van der Waals surface area contributed by atoms with Crippen LogP contribution in [0.5, 0.6) is 0 Å². The third-order valence-corrected chi connectivity index (χ3v) is 3.82. The van der Waals surface area contributed by atoms with E-state index in [2.05, 4.69) is 9.97 Å². The summed E-state index contributed by atoms with van der Waals surface area (Å²) < 4.78 is 27.0. The number of imidazole rings is 1. The number of aromatic amines is 1. The average Bonchev–Trinajstić information content (AvgIpc) is 2.87. The molecule has 6 heteroatoms. The van der Waals surface area contributed by atoms with Gasteiger partial charge in [-0.05, 0) is 24.3 Å². The third-order valence-electron chi connectivity index (χ3n) is 2.95. The lowest BCUT2D eigenvalue weighted by Gasteiger charge is -2.02. The Bertz CT molecular complexity index is 763. The van der Waals surface area contributed by atoms with Crippen molar-refractivity contribution in [3.05, 3.63) is 59.7 Å². The van der Waals surface area contributed by atoms with E-state index in [9.17, 15) is 13.6 Å². The van der Waals surface area contributed by atoms with Crippen LogP contribution in [-0.2, 0) is 0 Å². The minimum atomic E-state index is -0.842. The molecule has 0 saturated carbocycles. The maximum atomic E-state index is 13.5. The lowest BCUT2D eigenvalue weighted by Crippen LogP contribution is -2.08. The number of benzene rings is 2. The Morgan fingerprint density at radius 1 is 1.10 bits per heavy atom. The van der Waals surface area contributed by atoms with Gasteiger partial charge in [0.25, 0.3) is 0 Å². The number of nitrogens with zero attached hydrogens (tertiary/aromatic N) is 1. The van der Waals surface area contributed by atoms with Crippen LogP contribution in [0, 0.1) is 11.6 Å². The number of rotatable bonds is 4. The topological polar surface area (TPSA) is 45.8 Å². The standard InChI is InChI=1S/C15H10F2N2OS/c16-9-4-3-5-10(17)14(9)13(20)8-21-15-18-11-6-1-2-7-12(11)19-15/h1-7H,8H2,(H,18,19). The minimum Gasteiger partial charge on any atom is -0.333 e. The second-order valence-corrected chi connectivity index (χ2v) is 5.33. The molecule has 0 unspecified atom stereocenters. The number of carbonyl (C=O) groups is 1.